The molecular formula is C16H24N2O. The standard InChI is InChI=1S/C16H24N2O/c1-16(2)12-18(11-13-7-9-17-10-8-13)14-5-3-4-6-15(14)19-16/h3-6,13,17H,7-12H2,1-2H3. The predicted octanol–water partition coefficient (Wildman–Crippen LogP) is 2.66. The second-order valence-corrected chi connectivity index (χ2v) is 6.40. The van der Waals surface area contributed by atoms with Crippen LogP contribution < -0.4 is 15.0 Å². The van der Waals surface area contributed by atoms with Crippen molar-refractivity contribution in [3.63, 3.8) is 0 Å². The Hall–Kier alpha value is -1.22. The number of rotatable bonds is 2. The zero-order valence-corrected chi connectivity index (χ0v) is 12.0. The highest BCUT2D eigenvalue weighted by Gasteiger charge is 2.32. The van der Waals surface area contributed by atoms with Crippen LogP contribution in [0.2, 0.25) is 0 Å². The Bertz CT molecular complexity index is 438. The molecule has 0 bridgehead atoms. The van der Waals surface area contributed by atoms with Gasteiger partial charge < -0.3 is 15.0 Å². The summed E-state index contributed by atoms with van der Waals surface area (Å²) in [6.45, 7) is 8.83. The van der Waals surface area contributed by atoms with Crippen LogP contribution in [0, 0.1) is 5.92 Å². The van der Waals surface area contributed by atoms with Gasteiger partial charge in [0.15, 0.2) is 0 Å². The third kappa shape index (κ3) is 2.86. The van der Waals surface area contributed by atoms with Gasteiger partial charge in [0.1, 0.15) is 11.4 Å². The first-order chi connectivity index (χ1) is 9.14. The molecule has 0 atom stereocenters. The zero-order chi connectivity index (χ0) is 13.3. The first-order valence-corrected chi connectivity index (χ1v) is 7.38. The lowest BCUT2D eigenvalue weighted by Gasteiger charge is -2.42. The molecule has 0 unspecified atom stereocenters. The van der Waals surface area contributed by atoms with Gasteiger partial charge in [-0.25, -0.2) is 0 Å². The van der Waals surface area contributed by atoms with E-state index in [1.807, 2.05) is 0 Å². The second kappa shape index (κ2) is 5.04. The highest BCUT2D eigenvalue weighted by atomic mass is 16.5. The molecule has 0 saturated carbocycles. The van der Waals surface area contributed by atoms with Crippen molar-refractivity contribution in [1.82, 2.24) is 5.32 Å². The van der Waals surface area contributed by atoms with Gasteiger partial charge in [-0.15, -0.1) is 0 Å². The number of benzene rings is 1. The number of nitrogens with zero attached hydrogens (tertiary/aromatic N) is 1. The lowest BCUT2D eigenvalue weighted by atomic mass is 9.95. The van der Waals surface area contributed by atoms with Crippen molar-refractivity contribution in [3.05, 3.63) is 24.3 Å². The predicted molar refractivity (Wildman–Crippen MR) is 79.0 cm³/mol. The fourth-order valence-corrected chi connectivity index (χ4v) is 3.22. The summed E-state index contributed by atoms with van der Waals surface area (Å²) in [5.41, 5.74) is 1.17. The van der Waals surface area contributed by atoms with Crippen LogP contribution in [-0.2, 0) is 0 Å². The molecule has 3 nitrogen and oxygen atoms in total. The van der Waals surface area contributed by atoms with Gasteiger partial charge in [0.25, 0.3) is 0 Å². The second-order valence-electron chi connectivity index (χ2n) is 6.40. The number of fused-ring (bicyclic) bond motifs is 1. The number of piperidine rings is 1. The van der Waals surface area contributed by atoms with Crippen LogP contribution in [0.25, 0.3) is 0 Å². The van der Waals surface area contributed by atoms with Crippen LogP contribution in [0.4, 0.5) is 5.69 Å². The van der Waals surface area contributed by atoms with Crippen molar-refractivity contribution < 1.29 is 4.74 Å². The zero-order valence-electron chi connectivity index (χ0n) is 12.0. The van der Waals surface area contributed by atoms with Crippen LogP contribution in [0.5, 0.6) is 5.75 Å². The van der Waals surface area contributed by atoms with E-state index in [9.17, 15) is 0 Å². The van der Waals surface area contributed by atoms with E-state index < -0.39 is 0 Å². The lowest BCUT2D eigenvalue weighted by Crippen LogP contribution is -2.49. The molecular weight excluding hydrogens is 236 g/mol. The van der Waals surface area contributed by atoms with Crippen molar-refractivity contribution in [2.75, 3.05) is 31.1 Å². The van der Waals surface area contributed by atoms with E-state index in [0.29, 0.717) is 0 Å². The summed E-state index contributed by atoms with van der Waals surface area (Å²) in [4.78, 5) is 2.52. The first kappa shape index (κ1) is 12.8. The van der Waals surface area contributed by atoms with Crippen molar-refractivity contribution in [2.24, 2.45) is 5.92 Å². The fraction of sp³-hybridized carbons (Fsp3) is 0.625. The maximum atomic E-state index is 6.08. The maximum Gasteiger partial charge on any atom is 0.143 e. The van der Waals surface area contributed by atoms with Gasteiger partial charge in [0, 0.05) is 6.54 Å². The Morgan fingerprint density at radius 1 is 1.26 bits per heavy atom. The van der Waals surface area contributed by atoms with Gasteiger partial charge in [0.2, 0.25) is 0 Å². The Morgan fingerprint density at radius 3 is 2.79 bits per heavy atom. The minimum absolute atomic E-state index is 0.0960. The van der Waals surface area contributed by atoms with E-state index in [2.05, 4.69) is 48.3 Å². The quantitative estimate of drug-likeness (QED) is 0.885. The topological polar surface area (TPSA) is 24.5 Å². The Balaban J connectivity index is 1.79. The molecule has 2 heterocycles. The fourth-order valence-electron chi connectivity index (χ4n) is 3.22. The van der Waals surface area contributed by atoms with Crippen molar-refractivity contribution in [2.45, 2.75) is 32.3 Å². The smallest absolute Gasteiger partial charge is 0.143 e. The minimum atomic E-state index is -0.0960. The van der Waals surface area contributed by atoms with Crippen LogP contribution in [-0.4, -0.2) is 31.8 Å². The molecule has 3 rings (SSSR count). The molecule has 0 aliphatic carbocycles. The molecule has 0 spiro atoms. The number of ether oxygens (including phenoxy) is 1. The van der Waals surface area contributed by atoms with Gasteiger partial charge in [-0.05, 0) is 57.8 Å². The molecule has 3 heteroatoms. The normalized spacial score (nSPS) is 22.7. The molecule has 0 aromatic heterocycles. The Kier molecular flexibility index (Phi) is 3.40. The van der Waals surface area contributed by atoms with E-state index in [-0.39, 0.29) is 5.60 Å². The lowest BCUT2D eigenvalue weighted by molar-refractivity contribution is 0.103. The van der Waals surface area contributed by atoms with Gasteiger partial charge in [-0.2, -0.15) is 0 Å². The summed E-state index contributed by atoms with van der Waals surface area (Å²) >= 11 is 0. The largest absolute Gasteiger partial charge is 0.484 e. The Labute approximate surface area is 115 Å². The Morgan fingerprint density at radius 2 is 2.00 bits per heavy atom. The number of anilines is 1. The molecule has 104 valence electrons. The molecule has 1 fully saturated rings. The molecule has 1 N–H and O–H groups in total. The first-order valence-electron chi connectivity index (χ1n) is 7.38. The maximum absolute atomic E-state index is 6.08. The van der Waals surface area contributed by atoms with E-state index in [1.54, 1.807) is 0 Å². The van der Waals surface area contributed by atoms with Crippen LogP contribution in [0.3, 0.4) is 0 Å². The van der Waals surface area contributed by atoms with E-state index in [4.69, 9.17) is 4.74 Å². The van der Waals surface area contributed by atoms with Crippen LogP contribution in [0.15, 0.2) is 24.3 Å². The molecule has 2 aliphatic rings. The number of hydrogen-bond acceptors (Lipinski definition) is 3. The number of para-hydroxylation sites is 2. The van der Waals surface area contributed by atoms with Crippen molar-refractivity contribution >= 4 is 5.69 Å². The van der Waals surface area contributed by atoms with Gasteiger partial charge in [-0.1, -0.05) is 12.1 Å². The minimum Gasteiger partial charge on any atom is -0.484 e. The van der Waals surface area contributed by atoms with Gasteiger partial charge >= 0.3 is 0 Å². The SMILES string of the molecule is CC1(C)CN(CC2CCNCC2)c2ccccc2O1. The summed E-state index contributed by atoms with van der Waals surface area (Å²) in [5.74, 6) is 1.84. The van der Waals surface area contributed by atoms with E-state index >= 15 is 0 Å². The monoisotopic (exact) mass is 260 g/mol. The van der Waals surface area contributed by atoms with Crippen LogP contribution in [0.1, 0.15) is 26.7 Å². The number of hydrogen-bond donors (Lipinski definition) is 1. The average molecular weight is 260 g/mol. The molecule has 1 aromatic rings. The highest BCUT2D eigenvalue weighted by molar-refractivity contribution is 5.60. The molecule has 2 aliphatic heterocycles. The third-order valence-corrected chi connectivity index (χ3v) is 4.10. The van der Waals surface area contributed by atoms with E-state index in [0.717, 1.165) is 24.8 Å². The van der Waals surface area contributed by atoms with Crippen molar-refractivity contribution in [1.29, 1.82) is 0 Å². The van der Waals surface area contributed by atoms with Gasteiger partial charge in [0.05, 0.1) is 12.2 Å². The third-order valence-electron chi connectivity index (χ3n) is 4.10. The summed E-state index contributed by atoms with van der Waals surface area (Å²) in [7, 11) is 0. The summed E-state index contributed by atoms with van der Waals surface area (Å²) in [6.07, 6.45) is 2.58. The molecule has 19 heavy (non-hydrogen) atoms. The molecule has 1 saturated heterocycles. The van der Waals surface area contributed by atoms with Gasteiger partial charge in [-0.3, -0.25) is 0 Å². The summed E-state index contributed by atoms with van der Waals surface area (Å²) < 4.78 is 6.08. The highest BCUT2D eigenvalue weighted by Crippen LogP contribution is 2.37. The summed E-state index contributed by atoms with van der Waals surface area (Å²) in [5, 5.41) is 3.44. The molecule has 0 amide bonds. The average Bonchev–Trinajstić information content (AvgIpc) is 2.38. The molecule has 1 aromatic carbocycles. The van der Waals surface area contributed by atoms with E-state index in [1.165, 1.54) is 31.6 Å². The number of nitrogens with one attached hydrogen (secondary N) is 1. The summed E-state index contributed by atoms with van der Waals surface area (Å²) in [6, 6.07) is 8.44. The molecule has 0 radical (unpaired) electrons. The van der Waals surface area contributed by atoms with Crippen molar-refractivity contribution in [3.8, 4) is 5.75 Å². The van der Waals surface area contributed by atoms with Crippen LogP contribution >= 0.6 is 0 Å².